The van der Waals surface area contributed by atoms with E-state index in [-0.39, 0.29) is 48.4 Å². The van der Waals surface area contributed by atoms with E-state index in [1.807, 2.05) is 0 Å². The van der Waals surface area contributed by atoms with Crippen molar-refractivity contribution in [2.75, 3.05) is 7.11 Å². The second-order valence-electron chi connectivity index (χ2n) is 8.93. The minimum atomic E-state index is -4.54. The Labute approximate surface area is 230 Å². The first-order valence-corrected chi connectivity index (χ1v) is 14.4. The van der Waals surface area contributed by atoms with E-state index in [1.165, 1.54) is 45.6 Å². The molecule has 0 aromatic heterocycles. The summed E-state index contributed by atoms with van der Waals surface area (Å²) in [7, 11) is -3.18. The van der Waals surface area contributed by atoms with Crippen LogP contribution in [-0.2, 0) is 29.2 Å². The minimum Gasteiger partial charge on any atom is -0.748 e. The molecule has 0 saturated heterocycles. The molecule has 34 heavy (non-hydrogen) atoms. The van der Waals surface area contributed by atoms with E-state index in [4.69, 9.17) is 4.74 Å². The Bertz CT molecular complexity index is 610. The van der Waals surface area contributed by atoms with E-state index in [9.17, 15) is 22.6 Å². The largest absolute Gasteiger partial charge is 1.00 e. The molecule has 0 aliphatic heterocycles. The van der Waals surface area contributed by atoms with Crippen LogP contribution < -0.4 is 29.6 Å². The number of methoxy groups -OCH3 is 1. The van der Waals surface area contributed by atoms with Crippen LogP contribution in [0, 0.1) is 0 Å². The molecule has 0 rings (SSSR count). The third-order valence-corrected chi connectivity index (χ3v) is 7.43. The van der Waals surface area contributed by atoms with Gasteiger partial charge in [0, 0.05) is 12.8 Å². The van der Waals surface area contributed by atoms with Crippen molar-refractivity contribution in [1.82, 2.24) is 0 Å². The molecule has 0 amide bonds. The zero-order valence-electron chi connectivity index (χ0n) is 22.1. The molecule has 0 aliphatic carbocycles. The van der Waals surface area contributed by atoms with Crippen molar-refractivity contribution in [2.24, 2.45) is 0 Å². The Morgan fingerprint density at radius 3 is 1.62 bits per heavy atom. The number of hydrogen-bond donors (Lipinski definition) is 0. The molecule has 9 heteroatoms. The Morgan fingerprint density at radius 1 is 0.735 bits per heavy atom. The van der Waals surface area contributed by atoms with Crippen molar-refractivity contribution in [1.29, 1.82) is 0 Å². The van der Waals surface area contributed by atoms with Gasteiger partial charge in [0.1, 0.15) is 16.2 Å². The summed E-state index contributed by atoms with van der Waals surface area (Å²) < 4.78 is 45.2. The van der Waals surface area contributed by atoms with Gasteiger partial charge >= 0.3 is 41.5 Å². The van der Waals surface area contributed by atoms with E-state index < -0.39 is 27.4 Å². The summed E-state index contributed by atoms with van der Waals surface area (Å²) >= 11 is 0. The maximum atomic E-state index is 12.3. The van der Waals surface area contributed by atoms with Crippen LogP contribution >= 0.6 is 0 Å². The van der Waals surface area contributed by atoms with Crippen LogP contribution in [0.1, 0.15) is 129 Å². The Kier molecular flexibility index (Phi) is 24.6. The van der Waals surface area contributed by atoms with Crippen LogP contribution in [0.4, 0.5) is 0 Å². The summed E-state index contributed by atoms with van der Waals surface area (Å²) in [5, 5.41) is -1.20. The van der Waals surface area contributed by atoms with Crippen molar-refractivity contribution in [2.45, 2.75) is 141 Å². The number of ether oxygens (including phenoxy) is 2. The molecule has 0 saturated carbocycles. The first-order valence-electron chi connectivity index (χ1n) is 13.0. The summed E-state index contributed by atoms with van der Waals surface area (Å²) in [6, 6.07) is 0. The fourth-order valence-corrected chi connectivity index (χ4v) is 5.00. The number of esters is 2. The Morgan fingerprint density at radius 2 is 1.18 bits per heavy atom. The van der Waals surface area contributed by atoms with Crippen LogP contribution in [0.25, 0.3) is 0 Å². The van der Waals surface area contributed by atoms with Crippen LogP contribution in [0.15, 0.2) is 0 Å². The molecule has 0 heterocycles. The third-order valence-electron chi connectivity index (χ3n) is 6.05. The van der Waals surface area contributed by atoms with Crippen LogP contribution in [0.2, 0.25) is 0 Å². The summed E-state index contributed by atoms with van der Waals surface area (Å²) in [5.41, 5.74) is 0. The fourth-order valence-electron chi connectivity index (χ4n) is 4.03. The predicted octanol–water partition coefficient (Wildman–Crippen LogP) is 3.05. The van der Waals surface area contributed by atoms with Gasteiger partial charge in [-0.2, -0.15) is 0 Å². The molecule has 7 nitrogen and oxygen atoms in total. The molecular formula is C25H47NaO7S. The number of unbranched alkanes of at least 4 members (excludes halogenated alkanes) is 12. The van der Waals surface area contributed by atoms with Crippen molar-refractivity contribution < 1.29 is 61.6 Å². The van der Waals surface area contributed by atoms with E-state index >= 15 is 0 Å². The maximum Gasteiger partial charge on any atom is 1.00 e. The fraction of sp³-hybridized carbons (Fsp3) is 0.920. The van der Waals surface area contributed by atoms with Crippen molar-refractivity contribution >= 4 is 22.1 Å². The normalized spacial score (nSPS) is 13.1. The van der Waals surface area contributed by atoms with Gasteiger partial charge in [-0.1, -0.05) is 84.5 Å². The quantitative estimate of drug-likeness (QED) is 0.0945. The standard InChI is InChI=1S/C25H48O7S.Na/c1-4-6-7-8-9-10-11-14-18-21-25(27)32-22(23(5-2)33(28,29)30)19-16-13-12-15-17-20-24(26)31-3;/h22-23H,4-21H2,1-3H3,(H,28,29,30);/q;+1/p-1. The minimum absolute atomic E-state index is 0. The van der Waals surface area contributed by atoms with Crippen LogP contribution in [0.3, 0.4) is 0 Å². The number of rotatable bonds is 22. The zero-order chi connectivity index (χ0) is 25.0. The van der Waals surface area contributed by atoms with E-state index in [0.29, 0.717) is 19.3 Å². The smallest absolute Gasteiger partial charge is 0.748 e. The molecule has 0 aromatic rings. The first kappa shape index (κ1) is 36.0. The van der Waals surface area contributed by atoms with Crippen molar-refractivity contribution in [3.8, 4) is 0 Å². The maximum absolute atomic E-state index is 12.3. The molecule has 0 bridgehead atoms. The number of carbonyl (C=O) groups excluding carboxylic acids is 2. The van der Waals surface area contributed by atoms with Gasteiger partial charge in [-0.15, -0.1) is 0 Å². The predicted molar refractivity (Wildman–Crippen MR) is 130 cm³/mol. The summed E-state index contributed by atoms with van der Waals surface area (Å²) in [6.45, 7) is 3.84. The van der Waals surface area contributed by atoms with Gasteiger partial charge in [0.2, 0.25) is 0 Å². The second-order valence-corrected chi connectivity index (χ2v) is 10.5. The summed E-state index contributed by atoms with van der Waals surface area (Å²) in [5.74, 6) is -0.636. The number of carbonyl (C=O) groups is 2. The second kappa shape index (κ2) is 23.3. The molecule has 0 fully saturated rings. The van der Waals surface area contributed by atoms with Gasteiger partial charge in [-0.05, 0) is 32.1 Å². The molecule has 2 unspecified atom stereocenters. The molecule has 0 spiro atoms. The van der Waals surface area contributed by atoms with Crippen molar-refractivity contribution in [3.05, 3.63) is 0 Å². The van der Waals surface area contributed by atoms with Crippen LogP contribution in [-0.4, -0.2) is 43.4 Å². The Balaban J connectivity index is 0. The van der Waals surface area contributed by atoms with Gasteiger partial charge in [0.05, 0.1) is 12.4 Å². The zero-order valence-corrected chi connectivity index (χ0v) is 25.0. The van der Waals surface area contributed by atoms with E-state index in [2.05, 4.69) is 11.7 Å². The van der Waals surface area contributed by atoms with Gasteiger partial charge in [-0.25, -0.2) is 8.42 Å². The molecule has 2 atom stereocenters. The Hall–Kier alpha value is -0.150. The van der Waals surface area contributed by atoms with E-state index in [0.717, 1.165) is 44.9 Å². The molecular weight excluding hydrogens is 467 g/mol. The van der Waals surface area contributed by atoms with Gasteiger partial charge in [0.25, 0.3) is 0 Å². The SMILES string of the molecule is CCCCCCCCCCCC(=O)OC(CCCCCCCC(=O)OC)C(CC)S(=O)(=O)[O-].[Na+]. The number of hydrogen-bond acceptors (Lipinski definition) is 7. The first-order chi connectivity index (χ1) is 15.8. The van der Waals surface area contributed by atoms with Crippen LogP contribution in [0.5, 0.6) is 0 Å². The molecule has 0 radical (unpaired) electrons. The average Bonchev–Trinajstić information content (AvgIpc) is 2.76. The molecule has 0 aromatic carbocycles. The van der Waals surface area contributed by atoms with Gasteiger partial charge in [0.15, 0.2) is 0 Å². The third kappa shape index (κ3) is 20.1. The summed E-state index contributed by atoms with van der Waals surface area (Å²) in [6.07, 6.45) is 14.5. The van der Waals surface area contributed by atoms with E-state index in [1.54, 1.807) is 6.92 Å². The van der Waals surface area contributed by atoms with Gasteiger partial charge < -0.3 is 14.0 Å². The molecule has 0 aliphatic rings. The summed E-state index contributed by atoms with van der Waals surface area (Å²) in [4.78, 5) is 23.4. The monoisotopic (exact) mass is 514 g/mol. The average molecular weight is 515 g/mol. The van der Waals surface area contributed by atoms with Gasteiger partial charge in [-0.3, -0.25) is 9.59 Å². The molecule has 196 valence electrons. The molecule has 0 N–H and O–H groups in total. The topological polar surface area (TPSA) is 110 Å². The van der Waals surface area contributed by atoms with Crippen molar-refractivity contribution in [3.63, 3.8) is 0 Å².